The molecule has 2 rings (SSSR count). The van der Waals surface area contributed by atoms with Crippen LogP contribution >= 0.6 is 0 Å². The molecule has 0 aliphatic heterocycles. The van der Waals surface area contributed by atoms with Gasteiger partial charge in [0.15, 0.2) is 0 Å². The lowest BCUT2D eigenvalue weighted by Crippen LogP contribution is -1.97. The molecule has 2 aromatic rings. The Hall–Kier alpha value is -1.50. The maximum atomic E-state index is 2.20. The van der Waals surface area contributed by atoms with Gasteiger partial charge in [0, 0.05) is 18.9 Å². The number of hydrogen-bond acceptors (Lipinski definition) is 0. The Morgan fingerprint density at radius 2 is 1.54 bits per heavy atom. The standard InChI is InChI=1S/C12H13N/c1-2-6-12(7-3-1)8-11-13-9-4-5-10-13/h1-7,9-10H,8,11H2. The quantitative estimate of drug-likeness (QED) is 0.669. The van der Waals surface area contributed by atoms with E-state index in [4.69, 9.17) is 0 Å². The molecule has 0 amide bonds. The molecule has 13 heavy (non-hydrogen) atoms. The van der Waals surface area contributed by atoms with E-state index in [0.717, 1.165) is 13.0 Å². The van der Waals surface area contributed by atoms with Gasteiger partial charge in [0.2, 0.25) is 0 Å². The highest BCUT2D eigenvalue weighted by Gasteiger charge is 1.91. The number of aryl methyl sites for hydroxylation is 2. The first-order valence-corrected chi connectivity index (χ1v) is 4.60. The van der Waals surface area contributed by atoms with Gasteiger partial charge >= 0.3 is 0 Å². The van der Waals surface area contributed by atoms with Crippen LogP contribution in [0.1, 0.15) is 5.56 Å². The molecule has 66 valence electrons. The van der Waals surface area contributed by atoms with Crippen LogP contribution in [0.3, 0.4) is 0 Å². The predicted molar refractivity (Wildman–Crippen MR) is 54.6 cm³/mol. The maximum absolute atomic E-state index is 2.20. The largest absolute Gasteiger partial charge is 0.354 e. The molecule has 1 aromatic carbocycles. The summed E-state index contributed by atoms with van der Waals surface area (Å²) in [5, 5.41) is 0. The highest BCUT2D eigenvalue weighted by atomic mass is 14.9. The second-order valence-electron chi connectivity index (χ2n) is 3.16. The molecule has 0 fully saturated rings. The normalized spacial score (nSPS) is 10.2. The van der Waals surface area contributed by atoms with Gasteiger partial charge in [0.1, 0.15) is 0 Å². The molecule has 0 saturated carbocycles. The highest BCUT2D eigenvalue weighted by Crippen LogP contribution is 2.01. The monoisotopic (exact) mass is 171 g/mol. The van der Waals surface area contributed by atoms with Gasteiger partial charge in [-0.3, -0.25) is 0 Å². The molecular formula is C12H13N. The van der Waals surface area contributed by atoms with Gasteiger partial charge in [0.05, 0.1) is 0 Å². The van der Waals surface area contributed by atoms with Gasteiger partial charge < -0.3 is 4.57 Å². The van der Waals surface area contributed by atoms with Crippen molar-refractivity contribution >= 4 is 0 Å². The molecular weight excluding hydrogens is 158 g/mol. The number of aromatic nitrogens is 1. The SMILES string of the molecule is c1ccc(CCn2cccc2)cc1. The summed E-state index contributed by atoms with van der Waals surface area (Å²) in [6.07, 6.45) is 5.31. The second kappa shape index (κ2) is 3.94. The second-order valence-corrected chi connectivity index (χ2v) is 3.16. The Morgan fingerprint density at radius 3 is 2.23 bits per heavy atom. The van der Waals surface area contributed by atoms with E-state index in [1.807, 2.05) is 0 Å². The summed E-state index contributed by atoms with van der Waals surface area (Å²) in [6, 6.07) is 14.7. The van der Waals surface area contributed by atoms with Crippen molar-refractivity contribution in [3.63, 3.8) is 0 Å². The van der Waals surface area contributed by atoms with E-state index in [-0.39, 0.29) is 0 Å². The number of nitrogens with zero attached hydrogens (tertiary/aromatic N) is 1. The van der Waals surface area contributed by atoms with Crippen LogP contribution in [0.5, 0.6) is 0 Å². The lowest BCUT2D eigenvalue weighted by Gasteiger charge is -2.02. The Balaban J connectivity index is 1.94. The van der Waals surface area contributed by atoms with E-state index in [9.17, 15) is 0 Å². The van der Waals surface area contributed by atoms with Crippen molar-refractivity contribution in [2.75, 3.05) is 0 Å². The molecule has 1 nitrogen and oxygen atoms in total. The van der Waals surface area contributed by atoms with Crippen molar-refractivity contribution in [3.05, 3.63) is 60.4 Å². The summed E-state index contributed by atoms with van der Waals surface area (Å²) in [4.78, 5) is 0. The molecule has 0 N–H and O–H groups in total. The fourth-order valence-electron chi connectivity index (χ4n) is 1.42. The zero-order valence-corrected chi connectivity index (χ0v) is 7.56. The minimum Gasteiger partial charge on any atom is -0.354 e. The van der Waals surface area contributed by atoms with Gasteiger partial charge in [-0.05, 0) is 24.1 Å². The molecule has 0 spiro atoms. The maximum Gasteiger partial charge on any atom is 0.0260 e. The van der Waals surface area contributed by atoms with Crippen molar-refractivity contribution in [2.45, 2.75) is 13.0 Å². The van der Waals surface area contributed by atoms with Crippen LogP contribution in [0.2, 0.25) is 0 Å². The fourth-order valence-corrected chi connectivity index (χ4v) is 1.42. The Labute approximate surface area is 78.6 Å². The third-order valence-electron chi connectivity index (χ3n) is 2.17. The van der Waals surface area contributed by atoms with E-state index in [1.165, 1.54) is 5.56 Å². The minimum absolute atomic E-state index is 1.07. The summed E-state index contributed by atoms with van der Waals surface area (Å²) >= 11 is 0. The van der Waals surface area contributed by atoms with E-state index >= 15 is 0 Å². The molecule has 0 aliphatic rings. The van der Waals surface area contributed by atoms with Crippen LogP contribution in [-0.2, 0) is 13.0 Å². The predicted octanol–water partition coefficient (Wildman–Crippen LogP) is 2.73. The van der Waals surface area contributed by atoms with Crippen molar-refractivity contribution in [2.24, 2.45) is 0 Å². The first kappa shape index (κ1) is 8.11. The first-order chi connectivity index (χ1) is 6.45. The fraction of sp³-hybridized carbons (Fsp3) is 0.167. The third kappa shape index (κ3) is 2.22. The summed E-state index contributed by atoms with van der Waals surface area (Å²) in [7, 11) is 0. The number of benzene rings is 1. The first-order valence-electron chi connectivity index (χ1n) is 4.60. The number of rotatable bonds is 3. The zero-order valence-electron chi connectivity index (χ0n) is 7.56. The zero-order chi connectivity index (χ0) is 8.93. The van der Waals surface area contributed by atoms with E-state index in [1.54, 1.807) is 0 Å². The lowest BCUT2D eigenvalue weighted by molar-refractivity contribution is 0.701. The molecule has 0 aliphatic carbocycles. The van der Waals surface area contributed by atoms with Crippen LogP contribution in [0.25, 0.3) is 0 Å². The summed E-state index contributed by atoms with van der Waals surface area (Å²) in [6.45, 7) is 1.07. The van der Waals surface area contributed by atoms with Gasteiger partial charge in [-0.25, -0.2) is 0 Å². The molecule has 0 saturated heterocycles. The van der Waals surface area contributed by atoms with E-state index < -0.39 is 0 Å². The average molecular weight is 171 g/mol. The summed E-state index contributed by atoms with van der Waals surface area (Å²) < 4.78 is 2.20. The van der Waals surface area contributed by atoms with Gasteiger partial charge in [0.25, 0.3) is 0 Å². The molecule has 1 aromatic heterocycles. The Morgan fingerprint density at radius 1 is 0.846 bits per heavy atom. The average Bonchev–Trinajstić information content (AvgIpc) is 2.69. The smallest absolute Gasteiger partial charge is 0.0260 e. The Bertz CT molecular complexity index is 335. The van der Waals surface area contributed by atoms with Crippen LogP contribution in [-0.4, -0.2) is 4.57 Å². The van der Waals surface area contributed by atoms with Crippen molar-refractivity contribution < 1.29 is 0 Å². The van der Waals surface area contributed by atoms with E-state index in [0.29, 0.717) is 0 Å². The molecule has 1 heteroatoms. The molecule has 0 bridgehead atoms. The molecule has 1 heterocycles. The molecule has 0 radical (unpaired) electrons. The summed E-state index contributed by atoms with van der Waals surface area (Å²) in [5.41, 5.74) is 1.40. The van der Waals surface area contributed by atoms with Crippen molar-refractivity contribution in [1.82, 2.24) is 4.57 Å². The van der Waals surface area contributed by atoms with Crippen LogP contribution < -0.4 is 0 Å². The highest BCUT2D eigenvalue weighted by molar-refractivity contribution is 5.14. The third-order valence-corrected chi connectivity index (χ3v) is 2.17. The van der Waals surface area contributed by atoms with Crippen molar-refractivity contribution in [1.29, 1.82) is 0 Å². The summed E-state index contributed by atoms with van der Waals surface area (Å²) in [5.74, 6) is 0. The lowest BCUT2D eigenvalue weighted by atomic mass is 10.1. The van der Waals surface area contributed by atoms with Crippen molar-refractivity contribution in [3.8, 4) is 0 Å². The topological polar surface area (TPSA) is 4.93 Å². The van der Waals surface area contributed by atoms with Gasteiger partial charge in [-0.2, -0.15) is 0 Å². The van der Waals surface area contributed by atoms with Crippen LogP contribution in [0, 0.1) is 0 Å². The minimum atomic E-state index is 1.07. The number of hydrogen-bond donors (Lipinski definition) is 0. The van der Waals surface area contributed by atoms with Gasteiger partial charge in [-0.15, -0.1) is 0 Å². The van der Waals surface area contributed by atoms with E-state index in [2.05, 4.69) is 59.4 Å². The van der Waals surface area contributed by atoms with Gasteiger partial charge in [-0.1, -0.05) is 30.3 Å². The van der Waals surface area contributed by atoms with Crippen LogP contribution in [0.4, 0.5) is 0 Å². The molecule has 0 atom stereocenters. The van der Waals surface area contributed by atoms with Crippen LogP contribution in [0.15, 0.2) is 54.9 Å². The molecule has 0 unspecified atom stereocenters. The Kier molecular flexibility index (Phi) is 2.46.